The van der Waals surface area contributed by atoms with E-state index in [0.29, 0.717) is 11.6 Å². The van der Waals surface area contributed by atoms with Crippen molar-refractivity contribution in [3.8, 4) is 0 Å². The van der Waals surface area contributed by atoms with E-state index in [1.54, 1.807) is 0 Å². The van der Waals surface area contributed by atoms with Gasteiger partial charge < -0.3 is 15.2 Å². The van der Waals surface area contributed by atoms with Gasteiger partial charge in [0.2, 0.25) is 0 Å². The average Bonchev–Trinajstić information content (AvgIpc) is 2.79. The molecule has 4 rings (SSSR count). The molecule has 3 aliphatic rings. The summed E-state index contributed by atoms with van der Waals surface area (Å²) in [5.41, 5.74) is 2.34. The summed E-state index contributed by atoms with van der Waals surface area (Å²) in [5.74, 6) is -0.0641. The van der Waals surface area contributed by atoms with Crippen molar-refractivity contribution in [2.45, 2.75) is 57.0 Å². The number of aryl methyl sites for hydroxylation is 2. The number of fused-ring (bicyclic) bond motifs is 3. The number of carbonyl (C=O) groups excluding carboxylic acids is 1. The van der Waals surface area contributed by atoms with Crippen LogP contribution in [0.4, 0.5) is 0 Å². The molecule has 3 heterocycles. The predicted molar refractivity (Wildman–Crippen MR) is 84.2 cm³/mol. The fourth-order valence-corrected chi connectivity index (χ4v) is 4.29. The number of hydrogen-bond acceptors (Lipinski definition) is 3. The largest absolute Gasteiger partial charge is 0.331 e. The van der Waals surface area contributed by atoms with Gasteiger partial charge in [-0.2, -0.15) is 0 Å². The van der Waals surface area contributed by atoms with Crippen molar-refractivity contribution in [2.75, 3.05) is 13.1 Å². The number of aromatic nitrogens is 1. The molecular weight excluding hydrogens is 278 g/mol. The van der Waals surface area contributed by atoms with Gasteiger partial charge in [0.1, 0.15) is 5.56 Å². The number of nitrogens with zero attached hydrogens (tertiary/aromatic N) is 1. The van der Waals surface area contributed by atoms with Gasteiger partial charge >= 0.3 is 0 Å². The minimum atomic E-state index is -0.206. The Kier molecular flexibility index (Phi) is 3.53. The zero-order valence-electron chi connectivity index (χ0n) is 12.9. The van der Waals surface area contributed by atoms with Crippen molar-refractivity contribution in [2.24, 2.45) is 0 Å². The Morgan fingerprint density at radius 2 is 1.95 bits per heavy atom. The maximum absolute atomic E-state index is 13.0. The number of aromatic amines is 1. The van der Waals surface area contributed by atoms with Gasteiger partial charge in [0, 0.05) is 24.3 Å². The number of rotatable bonds is 1. The van der Waals surface area contributed by atoms with E-state index in [2.05, 4.69) is 10.3 Å². The Morgan fingerprint density at radius 3 is 2.86 bits per heavy atom. The van der Waals surface area contributed by atoms with Crippen molar-refractivity contribution in [1.82, 2.24) is 15.2 Å². The smallest absolute Gasteiger partial charge is 0.261 e. The molecule has 5 nitrogen and oxygen atoms in total. The Morgan fingerprint density at radius 1 is 1.14 bits per heavy atom. The molecule has 5 heteroatoms. The molecule has 22 heavy (non-hydrogen) atoms. The molecular formula is C17H23N3O2. The second-order valence-corrected chi connectivity index (χ2v) is 6.81. The van der Waals surface area contributed by atoms with Crippen LogP contribution in [0.3, 0.4) is 0 Å². The predicted octanol–water partition coefficient (Wildman–Crippen LogP) is 1.22. The molecule has 2 fully saturated rings. The first-order chi connectivity index (χ1) is 10.7. The molecule has 118 valence electrons. The zero-order chi connectivity index (χ0) is 15.1. The topological polar surface area (TPSA) is 65.2 Å². The summed E-state index contributed by atoms with van der Waals surface area (Å²) in [6.45, 7) is 1.82. The van der Waals surface area contributed by atoms with Crippen LogP contribution in [-0.2, 0) is 12.8 Å². The van der Waals surface area contributed by atoms with E-state index in [4.69, 9.17) is 0 Å². The molecule has 1 amide bonds. The molecule has 1 aliphatic carbocycles. The van der Waals surface area contributed by atoms with Gasteiger partial charge in [-0.25, -0.2) is 0 Å². The van der Waals surface area contributed by atoms with Crippen LogP contribution in [0.5, 0.6) is 0 Å². The molecule has 0 saturated carbocycles. The summed E-state index contributed by atoms with van der Waals surface area (Å²) in [6, 6.07) is 2.41. The molecule has 1 aromatic heterocycles. The van der Waals surface area contributed by atoms with Gasteiger partial charge in [-0.3, -0.25) is 9.59 Å². The lowest BCUT2D eigenvalue weighted by Gasteiger charge is -2.28. The maximum Gasteiger partial charge on any atom is 0.261 e. The summed E-state index contributed by atoms with van der Waals surface area (Å²) in [6.07, 6.45) is 7.28. The molecule has 2 atom stereocenters. The molecule has 2 bridgehead atoms. The second kappa shape index (κ2) is 5.54. The maximum atomic E-state index is 13.0. The average molecular weight is 301 g/mol. The standard InChI is InChI=1S/C17H23N3O2/c21-16-14(9-11-3-1-2-4-15(11)19-16)17(22)20-12-5-6-13(20)10-18-8-7-12/h9,12-13,18H,1-8,10H2,(H,19,21). The number of pyridine rings is 1. The van der Waals surface area contributed by atoms with E-state index in [9.17, 15) is 9.59 Å². The second-order valence-electron chi connectivity index (χ2n) is 6.81. The number of carbonyl (C=O) groups is 1. The fourth-order valence-electron chi connectivity index (χ4n) is 4.29. The van der Waals surface area contributed by atoms with Crippen LogP contribution in [0.2, 0.25) is 0 Å². The first kappa shape index (κ1) is 14.0. The van der Waals surface area contributed by atoms with Crippen LogP contribution in [0.15, 0.2) is 10.9 Å². The van der Waals surface area contributed by atoms with Crippen LogP contribution in [-0.4, -0.2) is 41.0 Å². The highest BCUT2D eigenvalue weighted by molar-refractivity contribution is 5.94. The van der Waals surface area contributed by atoms with E-state index in [1.807, 2.05) is 11.0 Å². The van der Waals surface area contributed by atoms with Crippen LogP contribution in [0, 0.1) is 0 Å². The first-order valence-corrected chi connectivity index (χ1v) is 8.52. The van der Waals surface area contributed by atoms with Crippen LogP contribution in [0.25, 0.3) is 0 Å². The van der Waals surface area contributed by atoms with Crippen molar-refractivity contribution in [3.63, 3.8) is 0 Å². The normalized spacial score (nSPS) is 27.4. The highest BCUT2D eigenvalue weighted by Crippen LogP contribution is 2.29. The van der Waals surface area contributed by atoms with Gasteiger partial charge in [-0.1, -0.05) is 0 Å². The lowest BCUT2D eigenvalue weighted by Crippen LogP contribution is -2.44. The van der Waals surface area contributed by atoms with Crippen molar-refractivity contribution in [1.29, 1.82) is 0 Å². The van der Waals surface area contributed by atoms with Gasteiger partial charge in [-0.05, 0) is 63.1 Å². The summed E-state index contributed by atoms with van der Waals surface area (Å²) in [7, 11) is 0. The third-order valence-electron chi connectivity index (χ3n) is 5.46. The molecule has 2 N–H and O–H groups in total. The third kappa shape index (κ3) is 2.28. The van der Waals surface area contributed by atoms with Crippen molar-refractivity contribution in [3.05, 3.63) is 33.2 Å². The Labute approximate surface area is 130 Å². The van der Waals surface area contributed by atoms with Crippen LogP contribution >= 0.6 is 0 Å². The highest BCUT2D eigenvalue weighted by atomic mass is 16.2. The Hall–Kier alpha value is -1.62. The summed E-state index contributed by atoms with van der Waals surface area (Å²) < 4.78 is 0. The van der Waals surface area contributed by atoms with Gasteiger partial charge in [0.05, 0.1) is 0 Å². The minimum Gasteiger partial charge on any atom is -0.331 e. The van der Waals surface area contributed by atoms with Crippen LogP contribution < -0.4 is 10.9 Å². The number of hydrogen-bond donors (Lipinski definition) is 2. The lowest BCUT2D eigenvalue weighted by molar-refractivity contribution is 0.0678. The van der Waals surface area contributed by atoms with E-state index < -0.39 is 0 Å². The molecule has 0 radical (unpaired) electrons. The number of amides is 1. The SMILES string of the molecule is O=C(c1cc2c([nH]c1=O)CCCC2)N1C2CCNCC1CC2. The monoisotopic (exact) mass is 301 g/mol. The highest BCUT2D eigenvalue weighted by Gasteiger charge is 2.39. The molecule has 0 spiro atoms. The zero-order valence-corrected chi connectivity index (χ0v) is 12.9. The third-order valence-corrected chi connectivity index (χ3v) is 5.46. The van der Waals surface area contributed by atoms with Crippen LogP contribution in [0.1, 0.15) is 53.7 Å². The van der Waals surface area contributed by atoms with Crippen molar-refractivity contribution >= 4 is 5.91 Å². The van der Waals surface area contributed by atoms with E-state index in [-0.39, 0.29) is 17.5 Å². The van der Waals surface area contributed by atoms with E-state index >= 15 is 0 Å². The first-order valence-electron chi connectivity index (χ1n) is 8.52. The number of nitrogens with one attached hydrogen (secondary N) is 2. The molecule has 0 aromatic carbocycles. The summed E-state index contributed by atoms with van der Waals surface area (Å²) in [5, 5.41) is 3.40. The fraction of sp³-hybridized carbons (Fsp3) is 0.647. The van der Waals surface area contributed by atoms with E-state index in [0.717, 1.165) is 69.3 Å². The van der Waals surface area contributed by atoms with Crippen molar-refractivity contribution < 1.29 is 4.79 Å². The number of H-pyrrole nitrogens is 1. The summed E-state index contributed by atoms with van der Waals surface area (Å²) in [4.78, 5) is 30.3. The lowest BCUT2D eigenvalue weighted by atomic mass is 9.94. The van der Waals surface area contributed by atoms with Gasteiger partial charge in [0.25, 0.3) is 11.5 Å². The minimum absolute atomic E-state index is 0.0641. The Balaban J connectivity index is 1.69. The summed E-state index contributed by atoms with van der Waals surface area (Å²) >= 11 is 0. The quantitative estimate of drug-likeness (QED) is 0.820. The molecule has 2 aliphatic heterocycles. The van der Waals surface area contributed by atoms with E-state index in [1.165, 1.54) is 0 Å². The molecule has 1 aromatic rings. The Bertz CT molecular complexity index is 638. The van der Waals surface area contributed by atoms with Gasteiger partial charge in [0.15, 0.2) is 0 Å². The molecule has 2 unspecified atom stereocenters. The molecule has 2 saturated heterocycles. The van der Waals surface area contributed by atoms with Gasteiger partial charge in [-0.15, -0.1) is 0 Å².